The highest BCUT2D eigenvalue weighted by Gasteiger charge is 2.31. The average Bonchev–Trinajstić information content (AvgIpc) is 2.76. The molecule has 1 unspecified atom stereocenters. The molecule has 1 saturated heterocycles. The lowest BCUT2D eigenvalue weighted by atomic mass is 10.0. The molecule has 1 aromatic carbocycles. The highest BCUT2D eigenvalue weighted by molar-refractivity contribution is 7.89. The molecule has 2 heterocycles. The van der Waals surface area contributed by atoms with Gasteiger partial charge in [0.15, 0.2) is 0 Å². The molecule has 3 rings (SSSR count). The van der Waals surface area contributed by atoms with Gasteiger partial charge in [0, 0.05) is 37.0 Å². The molecule has 7 nitrogen and oxygen atoms in total. The summed E-state index contributed by atoms with van der Waals surface area (Å²) >= 11 is 6.22. The highest BCUT2D eigenvalue weighted by Crippen LogP contribution is 2.29. The van der Waals surface area contributed by atoms with Crippen molar-refractivity contribution >= 4 is 27.5 Å². The molecule has 0 radical (unpaired) electrons. The third-order valence-electron chi connectivity index (χ3n) is 5.16. The lowest BCUT2D eigenvalue weighted by Gasteiger charge is -2.30. The van der Waals surface area contributed by atoms with E-state index in [1.807, 2.05) is 19.9 Å². The number of amides is 1. The van der Waals surface area contributed by atoms with Gasteiger partial charge >= 0.3 is 0 Å². The summed E-state index contributed by atoms with van der Waals surface area (Å²) in [6, 6.07) is 7.92. The summed E-state index contributed by atoms with van der Waals surface area (Å²) < 4.78 is 33.3. The fraction of sp³-hybridized carbons (Fsp3) is 0.455. The quantitative estimate of drug-likeness (QED) is 0.639. The van der Waals surface area contributed by atoms with Gasteiger partial charge in [0.25, 0.3) is 5.91 Å². The number of pyridine rings is 1. The van der Waals surface area contributed by atoms with Gasteiger partial charge in [-0.05, 0) is 49.4 Å². The van der Waals surface area contributed by atoms with E-state index in [0.717, 1.165) is 24.8 Å². The Bertz CT molecular complexity index is 1030. The Balaban J connectivity index is 1.76. The van der Waals surface area contributed by atoms with Gasteiger partial charge < -0.3 is 10.1 Å². The summed E-state index contributed by atoms with van der Waals surface area (Å²) in [6.07, 6.45) is 4.29. The molecule has 1 fully saturated rings. The number of halogens is 1. The van der Waals surface area contributed by atoms with Gasteiger partial charge in [-0.3, -0.25) is 4.79 Å². The average molecular weight is 466 g/mol. The Kier molecular flexibility index (Phi) is 7.91. The Morgan fingerprint density at radius 2 is 2.16 bits per heavy atom. The Morgan fingerprint density at radius 1 is 1.35 bits per heavy atom. The van der Waals surface area contributed by atoms with Crippen LogP contribution in [0.3, 0.4) is 0 Å². The second-order valence-corrected chi connectivity index (χ2v) is 10.1. The number of nitrogens with zero attached hydrogens (tertiary/aromatic N) is 2. The van der Waals surface area contributed by atoms with Crippen LogP contribution in [0.5, 0.6) is 5.88 Å². The SMILES string of the molecule is CCCOc1ncccc1CNC(=O)c1ccc(Cl)c(S(=O)(=O)N2CCCC(C)C2)c1. The molecule has 0 spiro atoms. The van der Waals surface area contributed by atoms with Crippen molar-refractivity contribution in [2.24, 2.45) is 5.92 Å². The van der Waals surface area contributed by atoms with Crippen molar-refractivity contribution in [3.8, 4) is 5.88 Å². The number of benzene rings is 1. The van der Waals surface area contributed by atoms with E-state index in [1.165, 1.54) is 22.5 Å². The topological polar surface area (TPSA) is 88.6 Å². The van der Waals surface area contributed by atoms with E-state index >= 15 is 0 Å². The minimum Gasteiger partial charge on any atom is -0.477 e. The van der Waals surface area contributed by atoms with Gasteiger partial charge in [-0.15, -0.1) is 0 Å². The standard InChI is InChI=1S/C22H28ClN3O4S/c1-3-12-30-22-18(7-4-10-24-22)14-25-21(27)17-8-9-19(23)20(13-17)31(28,29)26-11-5-6-16(2)15-26/h4,7-10,13,16H,3,5-6,11-12,14-15H2,1-2H3,(H,25,27). The minimum atomic E-state index is -3.77. The van der Waals surface area contributed by atoms with E-state index in [9.17, 15) is 13.2 Å². The summed E-state index contributed by atoms with van der Waals surface area (Å²) in [5.41, 5.74) is 0.973. The first-order chi connectivity index (χ1) is 14.8. The van der Waals surface area contributed by atoms with E-state index in [0.29, 0.717) is 25.6 Å². The van der Waals surface area contributed by atoms with Gasteiger partial charge in [-0.2, -0.15) is 4.31 Å². The molecule has 0 saturated carbocycles. The minimum absolute atomic E-state index is 0.0377. The molecule has 1 aromatic heterocycles. The van der Waals surface area contributed by atoms with Crippen molar-refractivity contribution in [2.45, 2.75) is 44.6 Å². The zero-order valence-corrected chi connectivity index (χ0v) is 19.4. The van der Waals surface area contributed by atoms with E-state index in [2.05, 4.69) is 10.3 Å². The molecule has 1 aliphatic heterocycles. The normalized spacial score (nSPS) is 17.3. The predicted octanol–water partition coefficient (Wildman–Crippen LogP) is 3.87. The molecule has 1 N–H and O–H groups in total. The maximum Gasteiger partial charge on any atom is 0.251 e. The van der Waals surface area contributed by atoms with Crippen LogP contribution in [0.4, 0.5) is 0 Å². The van der Waals surface area contributed by atoms with Crippen LogP contribution in [0.25, 0.3) is 0 Å². The first kappa shape index (κ1) is 23.5. The van der Waals surface area contributed by atoms with Gasteiger partial charge in [0.2, 0.25) is 15.9 Å². The summed E-state index contributed by atoms with van der Waals surface area (Å²) in [5, 5.41) is 2.91. The fourth-order valence-electron chi connectivity index (χ4n) is 3.51. The number of hydrogen-bond acceptors (Lipinski definition) is 5. The summed E-state index contributed by atoms with van der Waals surface area (Å²) in [5.74, 6) is 0.367. The number of carbonyl (C=O) groups excluding carboxylic acids is 1. The molecular weight excluding hydrogens is 438 g/mol. The van der Waals surface area contributed by atoms with Crippen LogP contribution in [0, 0.1) is 5.92 Å². The van der Waals surface area contributed by atoms with Crippen LogP contribution < -0.4 is 10.1 Å². The van der Waals surface area contributed by atoms with E-state index in [4.69, 9.17) is 16.3 Å². The maximum atomic E-state index is 13.1. The van der Waals surface area contributed by atoms with Crippen molar-refractivity contribution < 1.29 is 17.9 Å². The lowest BCUT2D eigenvalue weighted by Crippen LogP contribution is -2.39. The zero-order valence-electron chi connectivity index (χ0n) is 17.8. The summed E-state index contributed by atoms with van der Waals surface area (Å²) in [7, 11) is -3.77. The maximum absolute atomic E-state index is 13.1. The third-order valence-corrected chi connectivity index (χ3v) is 7.51. The number of carbonyl (C=O) groups is 1. The number of nitrogens with one attached hydrogen (secondary N) is 1. The number of rotatable bonds is 8. The van der Waals surface area contributed by atoms with Crippen molar-refractivity contribution in [3.63, 3.8) is 0 Å². The van der Waals surface area contributed by atoms with E-state index in [-0.39, 0.29) is 27.9 Å². The number of ether oxygens (including phenoxy) is 1. The Morgan fingerprint density at radius 3 is 2.90 bits per heavy atom. The lowest BCUT2D eigenvalue weighted by molar-refractivity contribution is 0.0950. The van der Waals surface area contributed by atoms with Crippen LogP contribution in [0.15, 0.2) is 41.4 Å². The van der Waals surface area contributed by atoms with Crippen molar-refractivity contribution in [1.82, 2.24) is 14.6 Å². The summed E-state index contributed by atoms with van der Waals surface area (Å²) in [6.45, 7) is 5.69. The van der Waals surface area contributed by atoms with Crippen molar-refractivity contribution in [3.05, 3.63) is 52.7 Å². The van der Waals surface area contributed by atoms with Gasteiger partial charge in [0.1, 0.15) is 4.90 Å². The van der Waals surface area contributed by atoms with Crippen LogP contribution in [0.1, 0.15) is 49.0 Å². The fourth-order valence-corrected chi connectivity index (χ4v) is 5.61. The van der Waals surface area contributed by atoms with Gasteiger partial charge in [-0.1, -0.05) is 31.5 Å². The number of piperidine rings is 1. The van der Waals surface area contributed by atoms with E-state index < -0.39 is 15.9 Å². The van der Waals surface area contributed by atoms with E-state index in [1.54, 1.807) is 12.3 Å². The van der Waals surface area contributed by atoms with Crippen molar-refractivity contribution in [1.29, 1.82) is 0 Å². The molecule has 1 aliphatic rings. The first-order valence-corrected chi connectivity index (χ1v) is 12.3. The number of sulfonamides is 1. The summed E-state index contributed by atoms with van der Waals surface area (Å²) in [4.78, 5) is 16.9. The monoisotopic (exact) mass is 465 g/mol. The van der Waals surface area contributed by atoms with Crippen LogP contribution in [-0.2, 0) is 16.6 Å². The second-order valence-electron chi connectivity index (χ2n) is 7.75. The van der Waals surface area contributed by atoms with Crippen molar-refractivity contribution in [2.75, 3.05) is 19.7 Å². The molecule has 1 amide bonds. The van der Waals surface area contributed by atoms with Gasteiger partial charge in [0.05, 0.1) is 11.6 Å². The molecule has 9 heteroatoms. The first-order valence-electron chi connectivity index (χ1n) is 10.5. The zero-order chi connectivity index (χ0) is 22.4. The molecular formula is C22H28ClN3O4S. The molecule has 2 aromatic rings. The molecule has 0 aliphatic carbocycles. The molecule has 1 atom stereocenters. The second kappa shape index (κ2) is 10.4. The number of aromatic nitrogens is 1. The highest BCUT2D eigenvalue weighted by atomic mass is 35.5. The Hall–Kier alpha value is -2.16. The molecule has 0 bridgehead atoms. The van der Waals surface area contributed by atoms with Crippen LogP contribution in [0.2, 0.25) is 5.02 Å². The third kappa shape index (κ3) is 5.75. The largest absolute Gasteiger partial charge is 0.477 e. The smallest absolute Gasteiger partial charge is 0.251 e. The van der Waals surface area contributed by atoms with Crippen LogP contribution in [-0.4, -0.2) is 43.3 Å². The molecule has 31 heavy (non-hydrogen) atoms. The van der Waals surface area contributed by atoms with Crippen LogP contribution >= 0.6 is 11.6 Å². The number of hydrogen-bond donors (Lipinski definition) is 1. The molecule has 168 valence electrons. The Labute approximate surface area is 188 Å². The predicted molar refractivity (Wildman–Crippen MR) is 120 cm³/mol. The van der Waals surface area contributed by atoms with Gasteiger partial charge in [-0.25, -0.2) is 13.4 Å².